The third kappa shape index (κ3) is 7.56. The molecule has 0 spiro atoms. The number of amides is 2. The van der Waals surface area contributed by atoms with Crippen LogP contribution in [0.3, 0.4) is 0 Å². The van der Waals surface area contributed by atoms with Gasteiger partial charge in [-0.3, -0.25) is 9.59 Å². The van der Waals surface area contributed by atoms with Gasteiger partial charge in [-0.15, -0.1) is 0 Å². The number of nitrogens with zero attached hydrogens (tertiary/aromatic N) is 1. The number of carbonyl (C=O) groups is 2. The fourth-order valence-electron chi connectivity index (χ4n) is 2.65. The normalized spacial score (nSPS) is 10.8. The summed E-state index contributed by atoms with van der Waals surface area (Å²) in [6.07, 6.45) is 0.757. The maximum atomic E-state index is 13.7. The summed E-state index contributed by atoms with van der Waals surface area (Å²) in [6, 6.07) is 10.5. The topological polar surface area (TPSA) is 70.7 Å². The first-order valence-electron chi connectivity index (χ1n) is 9.23. The Labute approximate surface area is 178 Å². The van der Waals surface area contributed by atoms with E-state index in [1.165, 1.54) is 12.1 Å². The minimum atomic E-state index is -0.536. The van der Waals surface area contributed by atoms with Gasteiger partial charge in [0, 0.05) is 30.2 Å². The molecule has 2 amide bonds. The molecule has 156 valence electrons. The zero-order valence-electron chi connectivity index (χ0n) is 16.5. The van der Waals surface area contributed by atoms with Crippen LogP contribution in [0.5, 0.6) is 0 Å². The highest BCUT2D eigenvalue weighted by atomic mass is 79.9. The van der Waals surface area contributed by atoms with Crippen molar-refractivity contribution in [2.45, 2.75) is 6.42 Å². The van der Waals surface area contributed by atoms with Gasteiger partial charge in [-0.2, -0.15) is 0 Å². The number of halogens is 2. The molecule has 0 aromatic heterocycles. The Kier molecular flexibility index (Phi) is 9.24. The van der Waals surface area contributed by atoms with Crippen molar-refractivity contribution in [2.75, 3.05) is 45.7 Å². The van der Waals surface area contributed by atoms with Crippen LogP contribution in [0.1, 0.15) is 27.1 Å². The number of nitrogens with one attached hydrogen (secondary N) is 2. The second-order valence-corrected chi connectivity index (χ2v) is 7.48. The summed E-state index contributed by atoms with van der Waals surface area (Å²) in [6.45, 7) is 2.74. The number of benzene rings is 2. The van der Waals surface area contributed by atoms with Gasteiger partial charge in [-0.25, -0.2) is 4.39 Å². The minimum Gasteiger partial charge on any atom is -0.383 e. The van der Waals surface area contributed by atoms with Gasteiger partial charge in [-0.1, -0.05) is 22.0 Å². The Morgan fingerprint density at radius 2 is 1.93 bits per heavy atom. The van der Waals surface area contributed by atoms with E-state index >= 15 is 0 Å². The molecular weight excluding hydrogens is 441 g/mol. The van der Waals surface area contributed by atoms with Gasteiger partial charge in [0.2, 0.25) is 0 Å². The van der Waals surface area contributed by atoms with Crippen molar-refractivity contribution in [3.8, 4) is 0 Å². The largest absolute Gasteiger partial charge is 0.383 e. The average molecular weight is 466 g/mol. The van der Waals surface area contributed by atoms with Gasteiger partial charge in [0.05, 0.1) is 17.9 Å². The molecule has 0 unspecified atom stereocenters. The predicted octanol–water partition coefficient (Wildman–Crippen LogP) is 3.54. The molecule has 0 aliphatic rings. The molecule has 29 heavy (non-hydrogen) atoms. The van der Waals surface area contributed by atoms with Crippen molar-refractivity contribution < 1.29 is 18.7 Å². The van der Waals surface area contributed by atoms with Crippen LogP contribution in [0.25, 0.3) is 0 Å². The molecule has 0 atom stereocenters. The number of anilines is 1. The van der Waals surface area contributed by atoms with Crippen LogP contribution >= 0.6 is 15.9 Å². The quantitative estimate of drug-likeness (QED) is 0.526. The number of carbonyl (C=O) groups excluding carboxylic acids is 2. The highest BCUT2D eigenvalue weighted by Gasteiger charge is 2.15. The first-order valence-corrected chi connectivity index (χ1v) is 10.0. The Balaban J connectivity index is 1.98. The van der Waals surface area contributed by atoms with Crippen LogP contribution in [0, 0.1) is 5.82 Å². The third-order valence-corrected chi connectivity index (χ3v) is 4.73. The zero-order valence-corrected chi connectivity index (χ0v) is 18.1. The number of rotatable bonds is 10. The van der Waals surface area contributed by atoms with E-state index in [2.05, 4.69) is 31.5 Å². The monoisotopic (exact) mass is 465 g/mol. The number of likely N-dealkylation sites (N-methyl/N-ethyl adjacent to an activating group) is 1. The number of methoxy groups -OCH3 is 1. The number of ether oxygens (including phenoxy) is 1. The van der Waals surface area contributed by atoms with E-state index in [4.69, 9.17) is 4.74 Å². The summed E-state index contributed by atoms with van der Waals surface area (Å²) >= 11 is 3.31. The van der Waals surface area contributed by atoms with Crippen LogP contribution in [0.15, 0.2) is 46.9 Å². The van der Waals surface area contributed by atoms with Crippen LogP contribution in [-0.4, -0.2) is 57.1 Å². The maximum Gasteiger partial charge on any atom is 0.255 e. The fraction of sp³-hybridized carbons (Fsp3) is 0.333. The van der Waals surface area contributed by atoms with E-state index in [0.29, 0.717) is 18.7 Å². The molecule has 2 aromatic rings. The van der Waals surface area contributed by atoms with Crippen molar-refractivity contribution in [3.63, 3.8) is 0 Å². The predicted molar refractivity (Wildman–Crippen MR) is 115 cm³/mol. The molecule has 0 saturated heterocycles. The second-order valence-electron chi connectivity index (χ2n) is 6.56. The molecule has 0 radical (unpaired) electrons. The molecule has 0 heterocycles. The third-order valence-electron chi connectivity index (χ3n) is 4.24. The summed E-state index contributed by atoms with van der Waals surface area (Å²) in [7, 11) is 3.64. The van der Waals surface area contributed by atoms with Gasteiger partial charge >= 0.3 is 0 Å². The van der Waals surface area contributed by atoms with E-state index in [1.54, 1.807) is 31.4 Å². The summed E-state index contributed by atoms with van der Waals surface area (Å²) in [5.41, 5.74) is 0.737. The molecule has 2 N–H and O–H groups in total. The Bertz CT molecular complexity index is 848. The Morgan fingerprint density at radius 3 is 2.66 bits per heavy atom. The van der Waals surface area contributed by atoms with Crippen LogP contribution < -0.4 is 10.6 Å². The summed E-state index contributed by atoms with van der Waals surface area (Å²) < 4.78 is 19.5. The highest BCUT2D eigenvalue weighted by Crippen LogP contribution is 2.19. The van der Waals surface area contributed by atoms with Crippen molar-refractivity contribution >= 4 is 33.4 Å². The minimum absolute atomic E-state index is 0.129. The second kappa shape index (κ2) is 11.6. The van der Waals surface area contributed by atoms with E-state index in [1.807, 2.05) is 7.05 Å². The van der Waals surface area contributed by atoms with Crippen LogP contribution in [0.4, 0.5) is 10.1 Å². The first kappa shape index (κ1) is 23.0. The molecule has 0 aliphatic carbocycles. The molecule has 2 rings (SSSR count). The van der Waals surface area contributed by atoms with Gasteiger partial charge in [0.25, 0.3) is 11.8 Å². The summed E-state index contributed by atoms with van der Waals surface area (Å²) in [5, 5.41) is 5.44. The molecule has 0 fully saturated rings. The van der Waals surface area contributed by atoms with Gasteiger partial charge in [0.1, 0.15) is 5.82 Å². The SMILES string of the molecule is COCCN(C)CCCNC(=O)c1ccc(F)cc1NC(=O)c1cccc(Br)c1. The number of hydrogen-bond donors (Lipinski definition) is 2. The van der Waals surface area contributed by atoms with E-state index < -0.39 is 11.7 Å². The summed E-state index contributed by atoms with van der Waals surface area (Å²) in [5.74, 6) is -1.33. The van der Waals surface area contributed by atoms with Gasteiger partial charge in [0.15, 0.2) is 0 Å². The average Bonchev–Trinajstić information content (AvgIpc) is 2.69. The molecule has 6 nitrogen and oxygen atoms in total. The lowest BCUT2D eigenvalue weighted by molar-refractivity contribution is 0.0952. The van der Waals surface area contributed by atoms with Crippen molar-refractivity contribution in [3.05, 3.63) is 63.9 Å². The maximum absolute atomic E-state index is 13.7. The lowest BCUT2D eigenvalue weighted by Gasteiger charge is -2.16. The lowest BCUT2D eigenvalue weighted by Crippen LogP contribution is -2.30. The van der Waals surface area contributed by atoms with Crippen molar-refractivity contribution in [1.29, 1.82) is 0 Å². The molecular formula is C21H25BrFN3O3. The molecule has 0 bridgehead atoms. The smallest absolute Gasteiger partial charge is 0.255 e. The molecule has 2 aromatic carbocycles. The fourth-order valence-corrected chi connectivity index (χ4v) is 3.05. The van der Waals surface area contributed by atoms with Crippen molar-refractivity contribution in [1.82, 2.24) is 10.2 Å². The Hall–Kier alpha value is -2.29. The zero-order chi connectivity index (χ0) is 21.2. The lowest BCUT2D eigenvalue weighted by atomic mass is 10.1. The van der Waals surface area contributed by atoms with Crippen LogP contribution in [0.2, 0.25) is 0 Å². The van der Waals surface area contributed by atoms with E-state index in [-0.39, 0.29) is 17.2 Å². The molecule has 8 heteroatoms. The van der Waals surface area contributed by atoms with E-state index in [0.717, 1.165) is 30.0 Å². The van der Waals surface area contributed by atoms with Gasteiger partial charge < -0.3 is 20.3 Å². The van der Waals surface area contributed by atoms with Crippen LogP contribution in [-0.2, 0) is 4.74 Å². The highest BCUT2D eigenvalue weighted by molar-refractivity contribution is 9.10. The Morgan fingerprint density at radius 1 is 1.14 bits per heavy atom. The van der Waals surface area contributed by atoms with E-state index in [9.17, 15) is 14.0 Å². The molecule has 0 aliphatic heterocycles. The summed E-state index contributed by atoms with van der Waals surface area (Å²) in [4.78, 5) is 27.1. The van der Waals surface area contributed by atoms with Crippen molar-refractivity contribution in [2.24, 2.45) is 0 Å². The standard InChI is InChI=1S/C21H25BrFN3O3/c1-26(11-12-29-2)10-4-9-24-21(28)18-8-7-17(23)14-19(18)25-20(27)15-5-3-6-16(22)13-15/h3,5-8,13-14H,4,9-12H2,1-2H3,(H,24,28)(H,25,27). The van der Waals surface area contributed by atoms with Gasteiger partial charge in [-0.05, 0) is 56.4 Å². The first-order chi connectivity index (χ1) is 13.9. The molecule has 0 saturated carbocycles. The number of hydrogen-bond acceptors (Lipinski definition) is 4.